The van der Waals surface area contributed by atoms with Gasteiger partial charge in [0.15, 0.2) is 0 Å². The third-order valence-electron chi connectivity index (χ3n) is 13.6. The number of benzene rings is 4. The summed E-state index contributed by atoms with van der Waals surface area (Å²) in [5, 5.41) is 28.8. The highest BCUT2D eigenvalue weighted by atomic mass is 35.5. The maximum Gasteiger partial charge on any atom is 0.335 e. The van der Waals surface area contributed by atoms with Crippen LogP contribution in [0.15, 0.2) is 91.0 Å². The number of amides is 3. The van der Waals surface area contributed by atoms with Crippen molar-refractivity contribution in [2.45, 2.75) is 62.8 Å². The van der Waals surface area contributed by atoms with Gasteiger partial charge in [0.1, 0.15) is 6.04 Å². The lowest BCUT2D eigenvalue weighted by Crippen LogP contribution is -2.57. The molecule has 5 N–H and O–H groups in total. The van der Waals surface area contributed by atoms with Crippen molar-refractivity contribution in [2.75, 3.05) is 11.9 Å². The number of halogens is 1. The Morgan fingerprint density at radius 2 is 1.14 bits per heavy atom. The second kappa shape index (κ2) is 14.5. The number of carboxylic acid groups (broad SMARTS) is 2. The van der Waals surface area contributed by atoms with Gasteiger partial charge in [-0.25, -0.2) is 9.59 Å². The Balaban J connectivity index is 1.07. The molecule has 7 aliphatic carbocycles. The van der Waals surface area contributed by atoms with Gasteiger partial charge >= 0.3 is 11.9 Å². The summed E-state index contributed by atoms with van der Waals surface area (Å²) in [6.07, 6.45) is 7.26. The van der Waals surface area contributed by atoms with Crippen LogP contribution in [0.2, 0.25) is 5.02 Å². The van der Waals surface area contributed by atoms with Crippen LogP contribution in [0.3, 0.4) is 0 Å². The van der Waals surface area contributed by atoms with E-state index >= 15 is 4.79 Å². The van der Waals surface area contributed by atoms with Gasteiger partial charge in [-0.05, 0) is 114 Å². The number of hydrogen-bond donors (Lipinski definition) is 5. The molecule has 0 spiro atoms. The third-order valence-corrected chi connectivity index (χ3v) is 13.9. The van der Waals surface area contributed by atoms with Gasteiger partial charge in [0.05, 0.1) is 23.0 Å². The third kappa shape index (κ3) is 6.77. The molecule has 10 nitrogen and oxygen atoms in total. The lowest BCUT2D eigenvalue weighted by atomic mass is 9.49. The van der Waals surface area contributed by atoms with Gasteiger partial charge in [-0.1, -0.05) is 78.3 Å². The molecule has 4 aromatic carbocycles. The summed E-state index contributed by atoms with van der Waals surface area (Å²) >= 11 is 6.58. The zero-order valence-corrected chi connectivity index (χ0v) is 32.0. The number of fused-ring (bicyclic) bond motifs is 1. The van der Waals surface area contributed by atoms with Gasteiger partial charge in [-0.15, -0.1) is 0 Å². The summed E-state index contributed by atoms with van der Waals surface area (Å²) in [6, 6.07) is 25.1. The molecule has 4 fully saturated rings. The fourth-order valence-electron chi connectivity index (χ4n) is 11.7. The Labute approximate surface area is 335 Å². The van der Waals surface area contributed by atoms with E-state index in [2.05, 4.69) is 28.1 Å². The predicted molar refractivity (Wildman–Crippen MR) is 213 cm³/mol. The van der Waals surface area contributed by atoms with Crippen molar-refractivity contribution in [1.29, 1.82) is 0 Å². The molecule has 0 saturated heterocycles. The normalized spacial score (nSPS) is 27.8. The first-order valence-corrected chi connectivity index (χ1v) is 20.3. The van der Waals surface area contributed by atoms with Gasteiger partial charge in [0.25, 0.3) is 0 Å². The van der Waals surface area contributed by atoms with E-state index < -0.39 is 53.5 Å². The number of rotatable bonds is 11. The molecule has 6 bridgehead atoms. The number of anilines is 1. The second-order valence-corrected chi connectivity index (χ2v) is 17.6. The molecule has 0 heterocycles. The molecule has 2 unspecified atom stereocenters. The van der Waals surface area contributed by atoms with Crippen LogP contribution < -0.4 is 16.0 Å². The number of carbonyl (C=O) groups excluding carboxylic acids is 3. The van der Waals surface area contributed by atoms with E-state index in [4.69, 9.17) is 11.6 Å². The molecule has 4 aromatic rings. The van der Waals surface area contributed by atoms with Gasteiger partial charge in [-0.3, -0.25) is 14.4 Å². The standard InChI is InChI=1S/C46H44ClN3O7/c47-35-12-6-1-7-27(35)19-36(41(51)49-30-17-28(44(54)55)16-29(18-30)45(56)57)50-43(53)40-38-33-10-4-2-8-31(33)37(32-9-3-5-11-34(32)38)39(40)42(52)48-23-46-20-24-13-25(21-46)15-26(14-24)22-46/h1-12,16-18,24-26,36-40H,13-15,19-23H2,(H,48,52)(H,49,51)(H,50,53)(H,54,55)(H,56,57)/t24?,25?,26?,36-,37?,38?,39?,40?,46?/m0/s1. The van der Waals surface area contributed by atoms with E-state index in [0.717, 1.165) is 65.3 Å². The van der Waals surface area contributed by atoms with E-state index in [-0.39, 0.29) is 34.6 Å². The molecule has 3 amide bonds. The minimum absolute atomic E-state index is 0.0292. The smallest absolute Gasteiger partial charge is 0.335 e. The van der Waals surface area contributed by atoms with Crippen LogP contribution in [0.1, 0.15) is 98.9 Å². The van der Waals surface area contributed by atoms with Crippen LogP contribution in [-0.2, 0) is 20.8 Å². The minimum Gasteiger partial charge on any atom is -0.478 e. The van der Waals surface area contributed by atoms with Crippen molar-refractivity contribution in [3.8, 4) is 0 Å². The van der Waals surface area contributed by atoms with Crippen LogP contribution in [0.4, 0.5) is 5.69 Å². The minimum atomic E-state index is -1.37. The van der Waals surface area contributed by atoms with Crippen LogP contribution in [0.25, 0.3) is 0 Å². The van der Waals surface area contributed by atoms with Gasteiger partial charge in [-0.2, -0.15) is 0 Å². The van der Waals surface area contributed by atoms with Crippen molar-refractivity contribution in [3.05, 3.63) is 135 Å². The van der Waals surface area contributed by atoms with E-state index in [1.807, 2.05) is 36.4 Å². The Kier molecular flexibility index (Phi) is 9.42. The van der Waals surface area contributed by atoms with Crippen molar-refractivity contribution < 1.29 is 34.2 Å². The molecule has 4 saturated carbocycles. The Bertz CT molecular complexity index is 2210. The van der Waals surface area contributed by atoms with Gasteiger partial charge < -0.3 is 26.2 Å². The fourth-order valence-corrected chi connectivity index (χ4v) is 12.0. The Morgan fingerprint density at radius 1 is 0.667 bits per heavy atom. The number of aromatic carboxylic acids is 2. The van der Waals surface area contributed by atoms with Crippen molar-refractivity contribution in [1.82, 2.24) is 10.6 Å². The molecule has 0 aliphatic heterocycles. The van der Waals surface area contributed by atoms with Gasteiger partial charge in [0, 0.05) is 35.5 Å². The summed E-state index contributed by atoms with van der Waals surface area (Å²) in [7, 11) is 0. The monoisotopic (exact) mass is 785 g/mol. The van der Waals surface area contributed by atoms with Crippen LogP contribution >= 0.6 is 11.6 Å². The Morgan fingerprint density at radius 3 is 1.63 bits per heavy atom. The number of carbonyl (C=O) groups is 5. The quantitative estimate of drug-likeness (QED) is 0.107. The molecule has 0 radical (unpaired) electrons. The summed E-state index contributed by atoms with van der Waals surface area (Å²) in [5.41, 5.74) is 3.96. The first-order valence-electron chi connectivity index (χ1n) is 19.9. The highest BCUT2D eigenvalue weighted by Crippen LogP contribution is 2.61. The topological polar surface area (TPSA) is 162 Å². The first-order chi connectivity index (χ1) is 27.5. The van der Waals surface area contributed by atoms with Crippen molar-refractivity contribution >= 4 is 46.9 Å². The average molecular weight is 786 g/mol. The van der Waals surface area contributed by atoms with Crippen LogP contribution in [0, 0.1) is 35.0 Å². The summed E-state index contributed by atoms with van der Waals surface area (Å²) < 4.78 is 0. The molecule has 0 aromatic heterocycles. The summed E-state index contributed by atoms with van der Waals surface area (Å²) in [5.74, 6) is -4.39. The zero-order valence-electron chi connectivity index (χ0n) is 31.2. The van der Waals surface area contributed by atoms with Gasteiger partial charge in [0.2, 0.25) is 17.7 Å². The van der Waals surface area contributed by atoms with E-state index in [9.17, 15) is 29.4 Å². The highest BCUT2D eigenvalue weighted by Gasteiger charge is 2.56. The van der Waals surface area contributed by atoms with Crippen LogP contribution in [-0.4, -0.2) is 52.5 Å². The molecule has 7 aliphatic rings. The lowest BCUT2D eigenvalue weighted by Gasteiger charge is -2.57. The van der Waals surface area contributed by atoms with E-state index in [1.54, 1.807) is 24.3 Å². The van der Waals surface area contributed by atoms with E-state index in [1.165, 1.54) is 31.4 Å². The number of carboxylic acids is 2. The Hall–Kier alpha value is -5.48. The number of nitrogens with one attached hydrogen (secondary N) is 3. The lowest BCUT2D eigenvalue weighted by molar-refractivity contribution is -0.139. The second-order valence-electron chi connectivity index (χ2n) is 17.2. The molecule has 57 heavy (non-hydrogen) atoms. The summed E-state index contributed by atoms with van der Waals surface area (Å²) in [6.45, 7) is 0.589. The first kappa shape index (κ1) is 37.1. The predicted octanol–water partition coefficient (Wildman–Crippen LogP) is 7.26. The molecule has 292 valence electrons. The van der Waals surface area contributed by atoms with Crippen molar-refractivity contribution in [2.24, 2.45) is 35.0 Å². The molecular weight excluding hydrogens is 742 g/mol. The molecule has 11 heteroatoms. The average Bonchev–Trinajstić information content (AvgIpc) is 3.19. The molecular formula is C46H44ClN3O7. The SMILES string of the molecule is O=C(O)c1cc(NC(=O)[C@H](Cc2ccccc2Cl)NC(=O)C2C3c4ccccc4C(c4ccccc43)C2C(=O)NCC23CC4CC(CC(C4)C2)C3)cc(C(=O)O)c1. The van der Waals surface area contributed by atoms with E-state index in [0.29, 0.717) is 17.1 Å². The zero-order chi connectivity index (χ0) is 39.6. The van der Waals surface area contributed by atoms with Crippen molar-refractivity contribution in [3.63, 3.8) is 0 Å². The summed E-state index contributed by atoms with van der Waals surface area (Å²) in [4.78, 5) is 68.0. The largest absolute Gasteiger partial charge is 0.478 e. The van der Waals surface area contributed by atoms with Crippen LogP contribution in [0.5, 0.6) is 0 Å². The fraction of sp³-hybridized carbons (Fsp3) is 0.370. The highest BCUT2D eigenvalue weighted by molar-refractivity contribution is 6.31. The maximum absolute atomic E-state index is 15.1. The maximum atomic E-state index is 15.1. The molecule has 3 atom stereocenters. The number of hydrogen-bond acceptors (Lipinski definition) is 5. The molecule has 11 rings (SSSR count).